The monoisotopic (exact) mass is 481 g/mol. The Kier molecular flexibility index (Phi) is 8.21. The highest BCUT2D eigenvalue weighted by molar-refractivity contribution is 7.91. The van der Waals surface area contributed by atoms with Crippen molar-refractivity contribution in [3.05, 3.63) is 53.1 Å². The molecular formula is C22H28ClN3O3S2. The molecule has 1 amide bonds. The lowest BCUT2D eigenvalue weighted by molar-refractivity contribution is 0.0982. The molecule has 0 unspecified atom stereocenters. The van der Waals surface area contributed by atoms with Crippen LogP contribution in [0, 0.1) is 13.8 Å². The summed E-state index contributed by atoms with van der Waals surface area (Å²) in [6.07, 6.45) is 0. The van der Waals surface area contributed by atoms with Crippen molar-refractivity contribution in [3.8, 4) is 0 Å². The number of aromatic nitrogens is 1. The lowest BCUT2D eigenvalue weighted by Gasteiger charge is -2.23. The molecule has 0 saturated heterocycles. The van der Waals surface area contributed by atoms with Gasteiger partial charge in [-0.2, -0.15) is 0 Å². The summed E-state index contributed by atoms with van der Waals surface area (Å²) in [7, 11) is 0.336. The number of amides is 1. The number of rotatable bonds is 7. The first-order valence-electron chi connectivity index (χ1n) is 9.80. The predicted molar refractivity (Wildman–Crippen MR) is 131 cm³/mol. The van der Waals surface area contributed by atoms with Crippen LogP contribution in [0.2, 0.25) is 0 Å². The summed E-state index contributed by atoms with van der Waals surface area (Å²) < 4.78 is 26.2. The van der Waals surface area contributed by atoms with Gasteiger partial charge < -0.3 is 4.90 Å². The van der Waals surface area contributed by atoms with Crippen LogP contribution >= 0.6 is 23.7 Å². The van der Waals surface area contributed by atoms with Crippen molar-refractivity contribution in [1.29, 1.82) is 0 Å². The van der Waals surface area contributed by atoms with E-state index in [1.807, 2.05) is 38.9 Å². The van der Waals surface area contributed by atoms with Gasteiger partial charge in [-0.3, -0.25) is 9.69 Å². The molecule has 6 nitrogen and oxygen atoms in total. The second kappa shape index (κ2) is 10.1. The number of aryl methyl sites for hydroxylation is 2. The quantitative estimate of drug-likeness (QED) is 0.502. The Hall–Kier alpha value is -2.00. The Labute approximate surface area is 194 Å². The maximum absolute atomic E-state index is 13.6. The fraction of sp³-hybridized carbons (Fsp3) is 0.364. The minimum atomic E-state index is -3.53. The number of anilines is 1. The predicted octanol–water partition coefficient (Wildman–Crippen LogP) is 4.34. The third kappa shape index (κ3) is 5.26. The van der Waals surface area contributed by atoms with Crippen molar-refractivity contribution in [1.82, 2.24) is 9.88 Å². The highest BCUT2D eigenvalue weighted by Gasteiger charge is 2.27. The fourth-order valence-corrected chi connectivity index (χ4v) is 5.27. The van der Waals surface area contributed by atoms with Gasteiger partial charge in [0.05, 0.1) is 26.4 Å². The minimum absolute atomic E-state index is 0. The molecule has 31 heavy (non-hydrogen) atoms. The van der Waals surface area contributed by atoms with Gasteiger partial charge in [0.15, 0.2) is 15.0 Å². The van der Waals surface area contributed by atoms with Crippen LogP contribution in [0.3, 0.4) is 0 Å². The van der Waals surface area contributed by atoms with E-state index in [9.17, 15) is 13.2 Å². The Morgan fingerprint density at radius 1 is 1.06 bits per heavy atom. The van der Waals surface area contributed by atoms with Gasteiger partial charge in [-0.05, 0) is 57.3 Å². The molecule has 1 heterocycles. The number of benzene rings is 2. The lowest BCUT2D eigenvalue weighted by atomic mass is 10.1. The number of nitrogens with zero attached hydrogens (tertiary/aromatic N) is 3. The average molecular weight is 482 g/mol. The smallest absolute Gasteiger partial charge is 0.261 e. The number of carbonyl (C=O) groups excluding carboxylic acids is 1. The van der Waals surface area contributed by atoms with E-state index in [4.69, 9.17) is 4.98 Å². The Morgan fingerprint density at radius 3 is 2.39 bits per heavy atom. The summed E-state index contributed by atoms with van der Waals surface area (Å²) in [4.78, 5) is 22.0. The Morgan fingerprint density at radius 2 is 1.74 bits per heavy atom. The van der Waals surface area contributed by atoms with Crippen LogP contribution in [0.15, 0.2) is 41.3 Å². The molecule has 3 aromatic rings. The zero-order valence-electron chi connectivity index (χ0n) is 18.4. The van der Waals surface area contributed by atoms with E-state index in [0.717, 1.165) is 21.3 Å². The normalized spacial score (nSPS) is 11.5. The molecule has 0 radical (unpaired) electrons. The summed E-state index contributed by atoms with van der Waals surface area (Å²) in [6, 6.07) is 10.5. The third-order valence-electron chi connectivity index (χ3n) is 5.15. The molecule has 0 N–H and O–H groups in total. The van der Waals surface area contributed by atoms with E-state index in [1.54, 1.807) is 30.0 Å². The third-order valence-corrected chi connectivity index (χ3v) is 7.98. The number of fused-ring (bicyclic) bond motifs is 1. The van der Waals surface area contributed by atoms with Crippen LogP contribution in [0.25, 0.3) is 10.2 Å². The highest BCUT2D eigenvalue weighted by Crippen LogP contribution is 2.33. The van der Waals surface area contributed by atoms with Gasteiger partial charge in [0.1, 0.15) is 0 Å². The largest absolute Gasteiger partial charge is 0.308 e. The van der Waals surface area contributed by atoms with E-state index in [2.05, 4.69) is 6.07 Å². The molecule has 0 aliphatic carbocycles. The second-order valence-electron chi connectivity index (χ2n) is 7.51. The van der Waals surface area contributed by atoms with E-state index in [0.29, 0.717) is 18.2 Å². The molecule has 1 aromatic heterocycles. The summed E-state index contributed by atoms with van der Waals surface area (Å²) in [5.74, 6) is -0.410. The molecule has 0 aliphatic rings. The molecule has 3 rings (SSSR count). The number of halogens is 1. The van der Waals surface area contributed by atoms with Gasteiger partial charge in [-0.25, -0.2) is 13.4 Å². The molecule has 0 atom stereocenters. The molecule has 0 spiro atoms. The molecule has 0 aliphatic heterocycles. The Balaban J connectivity index is 0.00000341. The molecule has 2 aromatic carbocycles. The number of likely N-dealkylation sites (N-methyl/N-ethyl adjacent to an activating group) is 1. The minimum Gasteiger partial charge on any atom is -0.308 e. The number of carbonyl (C=O) groups is 1. The summed E-state index contributed by atoms with van der Waals surface area (Å²) in [5.41, 5.74) is 3.30. The van der Waals surface area contributed by atoms with Crippen molar-refractivity contribution in [2.75, 3.05) is 37.8 Å². The number of thiazole rings is 1. The van der Waals surface area contributed by atoms with Gasteiger partial charge >= 0.3 is 0 Å². The number of sulfone groups is 1. The maximum Gasteiger partial charge on any atom is 0.261 e. The van der Waals surface area contributed by atoms with Crippen LogP contribution in [0.1, 0.15) is 28.4 Å². The van der Waals surface area contributed by atoms with Crippen molar-refractivity contribution in [2.24, 2.45) is 0 Å². The number of hydrogen-bond acceptors (Lipinski definition) is 6. The topological polar surface area (TPSA) is 70.6 Å². The average Bonchev–Trinajstić information content (AvgIpc) is 3.15. The molecule has 9 heteroatoms. The maximum atomic E-state index is 13.6. The molecule has 0 bridgehead atoms. The van der Waals surface area contributed by atoms with Gasteiger partial charge in [0, 0.05) is 13.1 Å². The zero-order valence-corrected chi connectivity index (χ0v) is 20.8. The lowest BCUT2D eigenvalue weighted by Crippen LogP contribution is -2.37. The van der Waals surface area contributed by atoms with E-state index in [-0.39, 0.29) is 34.5 Å². The van der Waals surface area contributed by atoms with Crippen LogP contribution < -0.4 is 4.90 Å². The van der Waals surface area contributed by atoms with Crippen LogP contribution in [0.4, 0.5) is 5.13 Å². The van der Waals surface area contributed by atoms with E-state index >= 15 is 0 Å². The van der Waals surface area contributed by atoms with Crippen molar-refractivity contribution < 1.29 is 13.2 Å². The number of hydrogen-bond donors (Lipinski definition) is 0. The first-order valence-corrected chi connectivity index (χ1v) is 12.3. The van der Waals surface area contributed by atoms with Crippen molar-refractivity contribution in [3.63, 3.8) is 0 Å². The van der Waals surface area contributed by atoms with Crippen molar-refractivity contribution >= 4 is 54.8 Å². The zero-order chi connectivity index (χ0) is 22.1. The first kappa shape index (κ1) is 25.3. The summed E-state index contributed by atoms with van der Waals surface area (Å²) in [5, 5.41) is 0.578. The van der Waals surface area contributed by atoms with Gasteiger partial charge in [-0.1, -0.05) is 36.5 Å². The fourth-order valence-electron chi connectivity index (χ4n) is 3.13. The van der Waals surface area contributed by atoms with E-state index < -0.39 is 9.84 Å². The van der Waals surface area contributed by atoms with Gasteiger partial charge in [0.25, 0.3) is 5.91 Å². The van der Waals surface area contributed by atoms with E-state index in [1.165, 1.54) is 17.4 Å². The van der Waals surface area contributed by atoms with Crippen LogP contribution in [0.5, 0.6) is 0 Å². The Bertz CT molecular complexity index is 1190. The van der Waals surface area contributed by atoms with Gasteiger partial charge in [0.2, 0.25) is 0 Å². The molecule has 0 saturated carbocycles. The standard InChI is InChI=1S/C22H27N3O3S2.ClH/c1-6-30(27,28)19-10-8-7-9-17(19)21(26)25(14-13-24(4)5)22-23-20-16(3)15(2)11-12-18(20)29-22;/h7-12H,6,13-14H2,1-5H3;1H. The summed E-state index contributed by atoms with van der Waals surface area (Å²) >= 11 is 1.45. The molecule has 168 valence electrons. The highest BCUT2D eigenvalue weighted by atomic mass is 35.5. The SMILES string of the molecule is CCS(=O)(=O)c1ccccc1C(=O)N(CCN(C)C)c1nc2c(C)c(C)ccc2s1.Cl. The van der Waals surface area contributed by atoms with Crippen molar-refractivity contribution in [2.45, 2.75) is 25.7 Å². The first-order chi connectivity index (χ1) is 14.2. The molecular weight excluding hydrogens is 454 g/mol. The summed E-state index contributed by atoms with van der Waals surface area (Å²) in [6.45, 7) is 6.68. The van der Waals surface area contributed by atoms with Crippen LogP contribution in [-0.4, -0.2) is 57.1 Å². The second-order valence-corrected chi connectivity index (χ2v) is 10.8. The van der Waals surface area contributed by atoms with Crippen LogP contribution in [-0.2, 0) is 9.84 Å². The van der Waals surface area contributed by atoms with Gasteiger partial charge in [-0.15, -0.1) is 12.4 Å². The molecule has 0 fully saturated rings.